The van der Waals surface area contributed by atoms with Crippen LogP contribution in [-0.2, 0) is 17.9 Å². The van der Waals surface area contributed by atoms with Crippen molar-refractivity contribution >= 4 is 5.91 Å². The van der Waals surface area contributed by atoms with Crippen molar-refractivity contribution in [2.45, 2.75) is 25.4 Å². The van der Waals surface area contributed by atoms with Gasteiger partial charge in [-0.05, 0) is 11.1 Å². The average molecular weight is 375 g/mol. The lowest BCUT2D eigenvalue weighted by molar-refractivity contribution is -0.278. The summed E-state index contributed by atoms with van der Waals surface area (Å²) in [5, 5.41) is 0. The molecule has 0 fully saturated rings. The van der Waals surface area contributed by atoms with Crippen LogP contribution in [-0.4, -0.2) is 23.2 Å². The van der Waals surface area contributed by atoms with Gasteiger partial charge in [0.15, 0.2) is 0 Å². The summed E-state index contributed by atoms with van der Waals surface area (Å²) in [7, 11) is 0. The summed E-state index contributed by atoms with van der Waals surface area (Å²) < 4.78 is 77.6. The summed E-state index contributed by atoms with van der Waals surface area (Å²) >= 11 is 0. The molecule has 2 aromatic rings. The van der Waals surface area contributed by atoms with E-state index in [2.05, 4.69) is 0 Å². The zero-order valence-electron chi connectivity index (χ0n) is 13.4. The molecule has 1 amide bonds. The molecule has 0 bridgehead atoms. The number of nitrogens with zero attached hydrogens (tertiary/aromatic N) is 1. The summed E-state index contributed by atoms with van der Waals surface area (Å²) in [6, 6.07) is 15.8. The van der Waals surface area contributed by atoms with Gasteiger partial charge in [-0.3, -0.25) is 4.79 Å². The third-order valence-corrected chi connectivity index (χ3v) is 3.65. The van der Waals surface area contributed by atoms with E-state index in [-0.39, 0.29) is 13.1 Å². The second kappa shape index (κ2) is 7.80. The lowest BCUT2D eigenvalue weighted by Gasteiger charge is -2.30. The van der Waals surface area contributed by atoms with Crippen LogP contribution in [0.5, 0.6) is 0 Å². The van der Waals surface area contributed by atoms with Crippen LogP contribution >= 0.6 is 0 Å². The Morgan fingerprint density at radius 3 is 1.38 bits per heavy atom. The fourth-order valence-electron chi connectivity index (χ4n) is 2.47. The van der Waals surface area contributed by atoms with Gasteiger partial charge in [-0.2, -0.15) is 26.3 Å². The minimum Gasteiger partial charge on any atom is -0.333 e. The maximum Gasteiger partial charge on any atom is 0.409 e. The van der Waals surface area contributed by atoms with Gasteiger partial charge in [0.25, 0.3) is 0 Å². The molecule has 0 aliphatic carbocycles. The van der Waals surface area contributed by atoms with Crippen LogP contribution in [0.2, 0.25) is 0 Å². The minimum absolute atomic E-state index is 0.364. The van der Waals surface area contributed by atoms with Gasteiger partial charge in [0.1, 0.15) is 0 Å². The number of benzene rings is 2. The van der Waals surface area contributed by atoms with Gasteiger partial charge in [-0.1, -0.05) is 60.7 Å². The van der Waals surface area contributed by atoms with Crippen LogP contribution in [0.25, 0.3) is 0 Å². The molecule has 0 aliphatic rings. The smallest absolute Gasteiger partial charge is 0.333 e. The van der Waals surface area contributed by atoms with E-state index in [1.165, 1.54) is 24.3 Å². The van der Waals surface area contributed by atoms with Crippen molar-refractivity contribution in [3.05, 3.63) is 71.8 Å². The Balaban J connectivity index is 2.36. The molecule has 0 saturated heterocycles. The van der Waals surface area contributed by atoms with Crippen molar-refractivity contribution in [3.8, 4) is 0 Å². The van der Waals surface area contributed by atoms with Crippen LogP contribution in [0.3, 0.4) is 0 Å². The van der Waals surface area contributed by atoms with Gasteiger partial charge in [-0.15, -0.1) is 0 Å². The van der Waals surface area contributed by atoms with Gasteiger partial charge in [0, 0.05) is 13.1 Å². The predicted molar refractivity (Wildman–Crippen MR) is 82.7 cm³/mol. The van der Waals surface area contributed by atoms with Gasteiger partial charge < -0.3 is 4.90 Å². The molecule has 0 radical (unpaired) electrons. The Morgan fingerprint density at radius 1 is 0.731 bits per heavy atom. The van der Waals surface area contributed by atoms with E-state index in [4.69, 9.17) is 0 Å². The molecule has 8 heteroatoms. The number of halogens is 6. The number of hydrogen-bond acceptors (Lipinski definition) is 1. The molecule has 0 heterocycles. The van der Waals surface area contributed by atoms with Crippen LogP contribution in [0.15, 0.2) is 60.7 Å². The summed E-state index contributed by atoms with van der Waals surface area (Å²) in [6.07, 6.45) is -11.4. The van der Waals surface area contributed by atoms with Crippen molar-refractivity contribution in [3.63, 3.8) is 0 Å². The minimum atomic E-state index is -5.72. The zero-order chi connectivity index (χ0) is 19.4. The quantitative estimate of drug-likeness (QED) is 0.677. The molecule has 0 N–H and O–H groups in total. The monoisotopic (exact) mass is 375 g/mol. The number of amides is 1. The normalized spacial score (nSPS) is 12.3. The molecule has 140 valence electrons. The van der Waals surface area contributed by atoms with E-state index in [0.29, 0.717) is 16.0 Å². The Kier molecular flexibility index (Phi) is 5.94. The molecular formula is C18H15F6NO. The molecular weight excluding hydrogens is 360 g/mol. The molecule has 0 spiro atoms. The molecule has 0 aliphatic heterocycles. The molecule has 0 atom stereocenters. The van der Waals surface area contributed by atoms with Gasteiger partial charge in [0.2, 0.25) is 11.8 Å². The first-order chi connectivity index (χ1) is 12.1. The van der Waals surface area contributed by atoms with Gasteiger partial charge >= 0.3 is 12.4 Å². The Bertz CT molecular complexity index is 656. The molecule has 2 rings (SSSR count). The fraction of sp³-hybridized carbons (Fsp3) is 0.278. The molecule has 26 heavy (non-hydrogen) atoms. The highest BCUT2D eigenvalue weighted by molar-refractivity contribution is 5.80. The van der Waals surface area contributed by atoms with Crippen LogP contribution in [0.4, 0.5) is 26.3 Å². The first kappa shape index (κ1) is 19.8. The van der Waals surface area contributed by atoms with E-state index in [1.807, 2.05) is 0 Å². The summed E-state index contributed by atoms with van der Waals surface area (Å²) in [5.41, 5.74) is 0.861. The highest BCUT2D eigenvalue weighted by atomic mass is 19.4. The zero-order valence-corrected chi connectivity index (χ0v) is 13.4. The van der Waals surface area contributed by atoms with Crippen molar-refractivity contribution in [1.29, 1.82) is 0 Å². The Hall–Kier alpha value is -2.51. The van der Waals surface area contributed by atoms with Crippen LogP contribution < -0.4 is 0 Å². The summed E-state index contributed by atoms with van der Waals surface area (Å²) in [4.78, 5) is 12.8. The van der Waals surface area contributed by atoms with E-state index in [0.717, 1.165) is 0 Å². The maximum absolute atomic E-state index is 12.9. The number of alkyl halides is 6. The highest BCUT2D eigenvalue weighted by Crippen LogP contribution is 2.40. The first-order valence-electron chi connectivity index (χ1n) is 7.59. The number of carbonyl (C=O) groups is 1. The lowest BCUT2D eigenvalue weighted by Crippen LogP contribution is -2.49. The molecule has 0 saturated carbocycles. The lowest BCUT2D eigenvalue weighted by atomic mass is 10.1. The Labute approximate surface area is 146 Å². The fourth-order valence-corrected chi connectivity index (χ4v) is 2.47. The summed E-state index contributed by atoms with van der Waals surface area (Å²) in [6.45, 7) is -0.728. The van der Waals surface area contributed by atoms with Gasteiger partial charge in [-0.25, -0.2) is 0 Å². The first-order valence-corrected chi connectivity index (χ1v) is 7.59. The molecule has 0 aromatic heterocycles. The second-order valence-corrected chi connectivity index (χ2v) is 5.68. The summed E-state index contributed by atoms with van der Waals surface area (Å²) in [5.74, 6) is -6.07. The SMILES string of the molecule is O=C(C(C(F)(F)F)C(F)(F)F)N(Cc1ccccc1)Cc1ccccc1. The average Bonchev–Trinajstić information content (AvgIpc) is 2.53. The van der Waals surface area contributed by atoms with Crippen LogP contribution in [0.1, 0.15) is 11.1 Å². The van der Waals surface area contributed by atoms with E-state index < -0.39 is 24.2 Å². The second-order valence-electron chi connectivity index (χ2n) is 5.68. The Morgan fingerprint density at radius 2 is 1.08 bits per heavy atom. The van der Waals surface area contributed by atoms with Crippen molar-refractivity contribution in [2.75, 3.05) is 0 Å². The highest BCUT2D eigenvalue weighted by Gasteiger charge is 2.62. The van der Waals surface area contributed by atoms with Crippen LogP contribution in [0, 0.1) is 5.92 Å². The third-order valence-electron chi connectivity index (χ3n) is 3.65. The molecule has 2 aromatic carbocycles. The predicted octanol–water partition coefficient (Wildman–Crippen LogP) is 4.96. The van der Waals surface area contributed by atoms with Crippen molar-refractivity contribution < 1.29 is 31.1 Å². The van der Waals surface area contributed by atoms with E-state index >= 15 is 0 Å². The maximum atomic E-state index is 12.9. The van der Waals surface area contributed by atoms with Gasteiger partial charge in [0.05, 0.1) is 0 Å². The third kappa shape index (κ3) is 5.24. The van der Waals surface area contributed by atoms with E-state index in [1.54, 1.807) is 36.4 Å². The molecule has 0 unspecified atom stereocenters. The largest absolute Gasteiger partial charge is 0.409 e. The number of rotatable bonds is 5. The van der Waals surface area contributed by atoms with Crippen molar-refractivity contribution in [1.82, 2.24) is 4.90 Å². The standard InChI is InChI=1S/C18H15F6NO/c19-17(20,21)15(18(22,23)24)16(26)25(11-13-7-3-1-4-8-13)12-14-9-5-2-6-10-14/h1-10,15H,11-12H2. The molecule has 2 nitrogen and oxygen atoms in total. The van der Waals surface area contributed by atoms with E-state index in [9.17, 15) is 31.1 Å². The number of carbonyl (C=O) groups excluding carboxylic acids is 1. The van der Waals surface area contributed by atoms with Crippen molar-refractivity contribution in [2.24, 2.45) is 5.92 Å². The topological polar surface area (TPSA) is 20.3 Å². The number of hydrogen-bond donors (Lipinski definition) is 0.